The molecule has 2 heterocycles. The van der Waals surface area contributed by atoms with Gasteiger partial charge in [-0.3, -0.25) is 9.20 Å². The van der Waals surface area contributed by atoms with Crippen LogP contribution in [0.3, 0.4) is 0 Å². The van der Waals surface area contributed by atoms with Gasteiger partial charge in [0.05, 0.1) is 12.5 Å². The molecule has 0 aliphatic rings. The second-order valence-corrected chi connectivity index (χ2v) is 4.05. The van der Waals surface area contributed by atoms with Gasteiger partial charge in [0.15, 0.2) is 5.82 Å². The molecule has 0 saturated carbocycles. The Morgan fingerprint density at radius 2 is 2.37 bits per heavy atom. The number of fused-ring (bicyclic) bond motifs is 1. The van der Waals surface area contributed by atoms with E-state index in [9.17, 15) is 4.79 Å². The third-order valence-corrected chi connectivity index (χ3v) is 2.73. The Kier molecular flexibility index (Phi) is 3.91. The zero-order valence-electron chi connectivity index (χ0n) is 10.7. The second-order valence-electron chi connectivity index (χ2n) is 4.05. The number of aromatic nitrogens is 4. The van der Waals surface area contributed by atoms with Crippen LogP contribution < -0.4 is 5.32 Å². The highest BCUT2D eigenvalue weighted by Crippen LogP contribution is 2.12. The molecule has 19 heavy (non-hydrogen) atoms. The quantitative estimate of drug-likeness (QED) is 0.776. The molecule has 0 spiro atoms. The molecule has 0 amide bonds. The lowest BCUT2D eigenvalue weighted by atomic mass is 10.2. The van der Waals surface area contributed by atoms with Gasteiger partial charge < -0.3 is 15.2 Å². The van der Waals surface area contributed by atoms with Crippen LogP contribution in [0, 0.1) is 6.92 Å². The number of methoxy groups -OCH3 is 1. The molecule has 2 N–H and O–H groups in total. The van der Waals surface area contributed by atoms with Crippen molar-refractivity contribution in [3.05, 3.63) is 18.2 Å². The van der Waals surface area contributed by atoms with Gasteiger partial charge in [-0.25, -0.2) is 4.98 Å². The van der Waals surface area contributed by atoms with Crippen molar-refractivity contribution in [1.29, 1.82) is 0 Å². The zero-order chi connectivity index (χ0) is 13.8. The lowest BCUT2D eigenvalue weighted by molar-refractivity contribution is -0.139. The Balaban J connectivity index is 2.11. The SMILES string of the molecule is COC(CNc1nccn2c(C)nnc12)CC(=O)O. The normalized spacial score (nSPS) is 12.5. The maximum absolute atomic E-state index is 10.6. The molecule has 1 unspecified atom stereocenters. The largest absolute Gasteiger partial charge is 0.481 e. The van der Waals surface area contributed by atoms with Gasteiger partial charge in [0.2, 0.25) is 5.65 Å². The Labute approximate surface area is 109 Å². The van der Waals surface area contributed by atoms with Crippen LogP contribution in [-0.2, 0) is 9.53 Å². The molecular weight excluding hydrogens is 250 g/mol. The zero-order valence-corrected chi connectivity index (χ0v) is 10.7. The standard InChI is InChI=1S/C11H15N5O3/c1-7-14-15-11-10(12-3-4-16(7)11)13-6-8(19-2)5-9(17)18/h3-4,8H,5-6H2,1-2H3,(H,12,13)(H,17,18). The Morgan fingerprint density at radius 3 is 3.05 bits per heavy atom. The maximum Gasteiger partial charge on any atom is 0.306 e. The highest BCUT2D eigenvalue weighted by molar-refractivity contribution is 5.67. The number of hydrogen-bond acceptors (Lipinski definition) is 6. The lowest BCUT2D eigenvalue weighted by Crippen LogP contribution is -2.25. The van der Waals surface area contributed by atoms with E-state index in [-0.39, 0.29) is 6.42 Å². The summed E-state index contributed by atoms with van der Waals surface area (Å²) in [5.41, 5.74) is 0.602. The first-order valence-corrected chi connectivity index (χ1v) is 5.76. The number of anilines is 1. The summed E-state index contributed by atoms with van der Waals surface area (Å²) in [5, 5.41) is 19.7. The molecule has 8 heteroatoms. The van der Waals surface area contributed by atoms with Crippen LogP contribution in [0.5, 0.6) is 0 Å². The van der Waals surface area contributed by atoms with E-state index in [2.05, 4.69) is 20.5 Å². The Morgan fingerprint density at radius 1 is 1.58 bits per heavy atom. The van der Waals surface area contributed by atoms with Crippen molar-refractivity contribution >= 4 is 17.4 Å². The van der Waals surface area contributed by atoms with Crippen molar-refractivity contribution < 1.29 is 14.6 Å². The molecule has 0 fully saturated rings. The molecule has 2 aromatic rings. The van der Waals surface area contributed by atoms with Gasteiger partial charge in [-0.05, 0) is 6.92 Å². The number of carboxylic acid groups (broad SMARTS) is 1. The summed E-state index contributed by atoms with van der Waals surface area (Å²) < 4.78 is 6.89. The number of nitrogens with one attached hydrogen (secondary N) is 1. The Bertz CT molecular complexity index is 583. The van der Waals surface area contributed by atoms with Crippen molar-refractivity contribution in [3.8, 4) is 0 Å². The molecule has 0 aromatic carbocycles. The maximum atomic E-state index is 10.6. The number of rotatable bonds is 6. The summed E-state index contributed by atoms with van der Waals surface area (Å²) in [6.45, 7) is 2.17. The van der Waals surface area contributed by atoms with E-state index in [0.29, 0.717) is 18.0 Å². The summed E-state index contributed by atoms with van der Waals surface area (Å²) in [4.78, 5) is 14.8. The van der Waals surface area contributed by atoms with Gasteiger partial charge >= 0.3 is 5.97 Å². The van der Waals surface area contributed by atoms with Gasteiger partial charge in [0.25, 0.3) is 0 Å². The molecule has 2 aromatic heterocycles. The molecule has 8 nitrogen and oxygen atoms in total. The first-order valence-electron chi connectivity index (χ1n) is 5.76. The van der Waals surface area contributed by atoms with Crippen LogP contribution >= 0.6 is 0 Å². The smallest absolute Gasteiger partial charge is 0.306 e. The summed E-state index contributed by atoms with van der Waals surface area (Å²) >= 11 is 0. The van der Waals surface area contributed by atoms with Crippen molar-refractivity contribution in [2.75, 3.05) is 19.0 Å². The number of ether oxygens (including phenoxy) is 1. The average Bonchev–Trinajstić information content (AvgIpc) is 2.77. The molecule has 0 aliphatic carbocycles. The molecule has 2 rings (SSSR count). The van der Waals surface area contributed by atoms with Crippen molar-refractivity contribution in [2.45, 2.75) is 19.4 Å². The predicted molar refractivity (Wildman–Crippen MR) is 67.1 cm³/mol. The van der Waals surface area contributed by atoms with E-state index in [1.54, 1.807) is 16.8 Å². The molecular formula is C11H15N5O3. The highest BCUT2D eigenvalue weighted by Gasteiger charge is 2.14. The average molecular weight is 265 g/mol. The summed E-state index contributed by atoms with van der Waals surface area (Å²) in [6, 6.07) is 0. The topological polar surface area (TPSA) is 102 Å². The number of carbonyl (C=O) groups is 1. The monoisotopic (exact) mass is 265 g/mol. The van der Waals surface area contributed by atoms with E-state index in [4.69, 9.17) is 9.84 Å². The van der Waals surface area contributed by atoms with E-state index < -0.39 is 12.1 Å². The molecule has 102 valence electrons. The minimum absolute atomic E-state index is 0.0711. The number of aryl methyl sites for hydroxylation is 1. The second kappa shape index (κ2) is 5.61. The van der Waals surface area contributed by atoms with Crippen molar-refractivity contribution in [1.82, 2.24) is 19.6 Å². The van der Waals surface area contributed by atoms with Crippen LogP contribution in [0.15, 0.2) is 12.4 Å². The number of aliphatic carboxylic acids is 1. The predicted octanol–water partition coefficient (Wildman–Crippen LogP) is 0.334. The van der Waals surface area contributed by atoms with Crippen LogP contribution in [0.4, 0.5) is 5.82 Å². The van der Waals surface area contributed by atoms with Gasteiger partial charge in [-0.1, -0.05) is 0 Å². The number of carboxylic acids is 1. The fraction of sp³-hybridized carbons (Fsp3) is 0.455. The van der Waals surface area contributed by atoms with Crippen LogP contribution in [0.2, 0.25) is 0 Å². The third kappa shape index (κ3) is 2.97. The first-order chi connectivity index (χ1) is 9.11. The highest BCUT2D eigenvalue weighted by atomic mass is 16.5. The van der Waals surface area contributed by atoms with Crippen molar-refractivity contribution in [3.63, 3.8) is 0 Å². The third-order valence-electron chi connectivity index (χ3n) is 2.73. The van der Waals surface area contributed by atoms with E-state index in [0.717, 1.165) is 5.82 Å². The summed E-state index contributed by atoms with van der Waals surface area (Å²) in [5.74, 6) is 0.406. The van der Waals surface area contributed by atoms with Crippen molar-refractivity contribution in [2.24, 2.45) is 0 Å². The molecule has 0 aliphatic heterocycles. The summed E-state index contributed by atoms with van der Waals surface area (Å²) in [6.07, 6.45) is 2.90. The van der Waals surface area contributed by atoms with Crippen LogP contribution in [0.1, 0.15) is 12.2 Å². The van der Waals surface area contributed by atoms with Gasteiger partial charge in [0.1, 0.15) is 5.82 Å². The molecule has 0 saturated heterocycles. The van der Waals surface area contributed by atoms with Crippen LogP contribution in [-0.4, -0.2) is 50.4 Å². The lowest BCUT2D eigenvalue weighted by Gasteiger charge is -2.14. The minimum atomic E-state index is -0.904. The van der Waals surface area contributed by atoms with Crippen LogP contribution in [0.25, 0.3) is 5.65 Å². The first kappa shape index (κ1) is 13.2. The minimum Gasteiger partial charge on any atom is -0.481 e. The van der Waals surface area contributed by atoms with E-state index in [1.807, 2.05) is 6.92 Å². The van der Waals surface area contributed by atoms with Gasteiger partial charge in [-0.15, -0.1) is 10.2 Å². The van der Waals surface area contributed by atoms with Gasteiger partial charge in [0, 0.05) is 26.0 Å². The molecule has 1 atom stereocenters. The van der Waals surface area contributed by atoms with E-state index >= 15 is 0 Å². The fourth-order valence-corrected chi connectivity index (χ4v) is 1.71. The summed E-state index contributed by atoms with van der Waals surface area (Å²) in [7, 11) is 1.48. The van der Waals surface area contributed by atoms with E-state index in [1.165, 1.54) is 7.11 Å². The van der Waals surface area contributed by atoms with Gasteiger partial charge in [-0.2, -0.15) is 0 Å². The number of nitrogens with zero attached hydrogens (tertiary/aromatic N) is 4. The Hall–Kier alpha value is -2.22. The molecule has 0 radical (unpaired) electrons. The fourth-order valence-electron chi connectivity index (χ4n) is 1.71. The molecule has 0 bridgehead atoms. The number of hydrogen-bond donors (Lipinski definition) is 2.